The van der Waals surface area contributed by atoms with Crippen molar-refractivity contribution in [1.29, 1.82) is 0 Å². The van der Waals surface area contributed by atoms with Gasteiger partial charge < -0.3 is 37.9 Å². The van der Waals surface area contributed by atoms with Crippen LogP contribution in [0.25, 0.3) is 11.1 Å². The molecule has 8 rings (SSSR count). The zero-order valence-corrected chi connectivity index (χ0v) is 56.5. The molecule has 0 aromatic heterocycles. The van der Waals surface area contributed by atoms with Gasteiger partial charge in [0.15, 0.2) is 23.0 Å². The fraction of sp³-hybridized carbons (Fsp3) is 0.500. The SMILES string of the molecule is CCc1cc(P(c2cc(C(C)(C)C)c(OC)c(C(C)(C)C)c2)c2ccc3c(c2-c2c(P(c4cc(C(C)(C)C)c(OC)c(C(C)(C)C)c4)c4cc(C(C)(C)C)c(OC)c(C(C)(C)C)c4)ccc4c2OCO4)OCO3)cc(C(C)(C)C)c1OC. The smallest absolute Gasteiger partial charge is 0.231 e. The molecule has 0 radical (unpaired) electrons. The van der Waals surface area contributed by atoms with Gasteiger partial charge >= 0.3 is 0 Å². The number of ether oxygens (including phenoxy) is 8. The van der Waals surface area contributed by atoms with Gasteiger partial charge in [-0.25, -0.2) is 0 Å². The standard InChI is InChI=1S/C72H96O8P2/c1-27-42-32-43(33-47(60(42)73-23)66(2,3)4)81(44-34-48(67(5,6)7)61(74-24)49(35-44)68(8,9)10)56-30-28-54-64(79-40-77-54)58(56)59-57(31-29-55-65(59)80-41-78-55)82(45-36-50(69(11,12)13)62(75-25)51(37-45)70(14,15)16)46-38-52(71(17,18)19)63(76-26)53(39-46)72(20,21)22/h28-39H,27,40-41H2,1-26H3. The minimum absolute atomic E-state index is 0.0750. The topological polar surface area (TPSA) is 73.8 Å². The number of fused-ring (bicyclic) bond motifs is 2. The van der Waals surface area contributed by atoms with E-state index in [9.17, 15) is 0 Å². The number of aryl methyl sites for hydroxylation is 1. The molecule has 0 spiro atoms. The second-order valence-corrected chi connectivity index (χ2v) is 33.9. The Morgan fingerprint density at radius 3 is 0.817 bits per heavy atom. The second-order valence-electron chi connectivity index (χ2n) is 29.6. The molecule has 0 amide bonds. The Kier molecular flexibility index (Phi) is 17.0. The van der Waals surface area contributed by atoms with Crippen molar-refractivity contribution in [2.75, 3.05) is 42.0 Å². The van der Waals surface area contributed by atoms with Gasteiger partial charge in [0.05, 0.1) is 28.4 Å². The number of benzene rings is 6. The molecule has 2 aliphatic rings. The van der Waals surface area contributed by atoms with Gasteiger partial charge in [-0.15, -0.1) is 0 Å². The van der Waals surface area contributed by atoms with Crippen LogP contribution in [0.4, 0.5) is 0 Å². The maximum atomic E-state index is 6.95. The average molecular weight is 1150 g/mol. The van der Waals surface area contributed by atoms with E-state index >= 15 is 0 Å². The lowest BCUT2D eigenvalue weighted by Crippen LogP contribution is -2.31. The molecule has 82 heavy (non-hydrogen) atoms. The first-order chi connectivity index (χ1) is 37.9. The zero-order valence-electron chi connectivity index (χ0n) is 54.7. The first-order valence-electron chi connectivity index (χ1n) is 29.3. The number of hydrogen-bond donors (Lipinski definition) is 0. The van der Waals surface area contributed by atoms with Gasteiger partial charge in [0.2, 0.25) is 13.6 Å². The van der Waals surface area contributed by atoms with E-state index < -0.39 is 15.8 Å². The third kappa shape index (κ3) is 11.9. The van der Waals surface area contributed by atoms with Crippen molar-refractivity contribution < 1.29 is 37.9 Å². The molecule has 0 saturated carbocycles. The van der Waals surface area contributed by atoms with Crippen molar-refractivity contribution >= 4 is 47.7 Å². The summed E-state index contributed by atoms with van der Waals surface area (Å²) < 4.78 is 52.8. The minimum atomic E-state index is -1.48. The van der Waals surface area contributed by atoms with Crippen LogP contribution in [-0.2, 0) is 44.3 Å². The Morgan fingerprint density at radius 2 is 0.585 bits per heavy atom. The fourth-order valence-electron chi connectivity index (χ4n) is 11.7. The van der Waals surface area contributed by atoms with E-state index in [-0.39, 0.29) is 51.5 Å². The molecule has 1 atom stereocenters. The van der Waals surface area contributed by atoms with E-state index in [1.807, 2.05) is 28.4 Å². The van der Waals surface area contributed by atoms with Gasteiger partial charge in [-0.05, 0) is 170 Å². The second kappa shape index (κ2) is 22.2. The summed E-state index contributed by atoms with van der Waals surface area (Å²) in [6, 6.07) is 28.3. The summed E-state index contributed by atoms with van der Waals surface area (Å²) in [5.41, 5.74) is 9.20. The highest BCUT2D eigenvalue weighted by Gasteiger charge is 2.41. The Morgan fingerprint density at radius 1 is 0.341 bits per heavy atom. The van der Waals surface area contributed by atoms with E-state index in [1.165, 1.54) is 21.2 Å². The van der Waals surface area contributed by atoms with Crippen LogP contribution in [-0.4, -0.2) is 42.0 Å². The molecule has 0 saturated heterocycles. The number of rotatable bonds is 12. The summed E-state index contributed by atoms with van der Waals surface area (Å²) in [5.74, 6) is 6.46. The van der Waals surface area contributed by atoms with Crippen LogP contribution >= 0.6 is 15.8 Å². The Hall–Kier alpha value is -5.42. The molecule has 6 aromatic rings. The predicted molar refractivity (Wildman–Crippen MR) is 348 cm³/mol. The van der Waals surface area contributed by atoms with Crippen molar-refractivity contribution in [2.24, 2.45) is 0 Å². The Balaban J connectivity index is 1.65. The van der Waals surface area contributed by atoms with Gasteiger partial charge in [-0.3, -0.25) is 0 Å². The molecular formula is C72H96O8P2. The highest BCUT2D eigenvalue weighted by Crippen LogP contribution is 2.56. The van der Waals surface area contributed by atoms with Crippen LogP contribution in [0.1, 0.15) is 197 Å². The van der Waals surface area contributed by atoms with Gasteiger partial charge in [0, 0.05) is 50.1 Å². The molecule has 0 N–H and O–H groups in total. The predicted octanol–water partition coefficient (Wildman–Crippen LogP) is 16.0. The summed E-state index contributed by atoms with van der Waals surface area (Å²) >= 11 is 0. The van der Waals surface area contributed by atoms with Crippen LogP contribution in [0.2, 0.25) is 0 Å². The fourth-order valence-corrected chi connectivity index (χ4v) is 16.8. The lowest BCUT2D eigenvalue weighted by Gasteiger charge is -2.35. The highest BCUT2D eigenvalue weighted by molar-refractivity contribution is 7.80. The molecule has 442 valence electrons. The molecular weight excluding hydrogens is 1050 g/mol. The lowest BCUT2D eigenvalue weighted by molar-refractivity contribution is 0.173. The van der Waals surface area contributed by atoms with E-state index in [0.29, 0.717) is 23.0 Å². The first-order valence-corrected chi connectivity index (χ1v) is 31.9. The Bertz CT molecular complexity index is 3200. The third-order valence-corrected chi connectivity index (χ3v) is 20.8. The summed E-state index contributed by atoms with van der Waals surface area (Å²) in [6.45, 7) is 50.5. The Labute approximate surface area is 496 Å². The number of hydrogen-bond acceptors (Lipinski definition) is 8. The van der Waals surface area contributed by atoms with Crippen molar-refractivity contribution in [1.82, 2.24) is 0 Å². The molecule has 0 bridgehead atoms. The lowest BCUT2D eigenvalue weighted by atomic mass is 9.79. The first kappa shape index (κ1) is 62.6. The molecule has 0 fully saturated rings. The summed E-state index contributed by atoms with van der Waals surface area (Å²) in [5, 5.41) is 7.01. The van der Waals surface area contributed by atoms with Crippen LogP contribution in [0.15, 0.2) is 72.8 Å². The average Bonchev–Trinajstić information content (AvgIpc) is 1.46. The minimum Gasteiger partial charge on any atom is -0.496 e. The van der Waals surface area contributed by atoms with Crippen molar-refractivity contribution in [3.8, 4) is 57.1 Å². The molecule has 1 unspecified atom stereocenters. The molecule has 0 aliphatic carbocycles. The zero-order chi connectivity index (χ0) is 60.8. The molecule has 8 nitrogen and oxygen atoms in total. The maximum absolute atomic E-state index is 6.95. The largest absolute Gasteiger partial charge is 0.496 e. The normalized spacial score (nSPS) is 14.4. The molecule has 6 aromatic carbocycles. The summed E-state index contributed by atoms with van der Waals surface area (Å²) in [6.07, 6.45) is 0.788. The van der Waals surface area contributed by atoms with Gasteiger partial charge in [0.25, 0.3) is 0 Å². The van der Waals surface area contributed by atoms with Crippen molar-refractivity contribution in [3.63, 3.8) is 0 Å². The third-order valence-electron chi connectivity index (χ3n) is 16.0. The van der Waals surface area contributed by atoms with Gasteiger partial charge in [-0.2, -0.15) is 0 Å². The molecule has 2 aliphatic heterocycles. The highest BCUT2D eigenvalue weighted by atomic mass is 31.1. The summed E-state index contributed by atoms with van der Waals surface area (Å²) in [4.78, 5) is 0. The van der Waals surface area contributed by atoms with Crippen LogP contribution in [0, 0.1) is 0 Å². The van der Waals surface area contributed by atoms with Gasteiger partial charge in [0.1, 0.15) is 23.0 Å². The van der Waals surface area contributed by atoms with Crippen molar-refractivity contribution in [2.45, 2.75) is 197 Å². The van der Waals surface area contributed by atoms with Gasteiger partial charge in [-0.1, -0.05) is 152 Å². The summed E-state index contributed by atoms with van der Waals surface area (Å²) in [7, 11) is 4.33. The van der Waals surface area contributed by atoms with E-state index in [1.54, 1.807) is 0 Å². The van der Waals surface area contributed by atoms with E-state index in [0.717, 1.165) is 95.7 Å². The molecule has 2 heterocycles. The van der Waals surface area contributed by atoms with E-state index in [4.69, 9.17) is 37.9 Å². The number of methoxy groups -OCH3 is 4. The molecule has 10 heteroatoms. The van der Waals surface area contributed by atoms with Crippen LogP contribution in [0.5, 0.6) is 46.0 Å². The van der Waals surface area contributed by atoms with E-state index in [2.05, 4.69) is 225 Å². The quantitative estimate of drug-likeness (QED) is 0.112. The van der Waals surface area contributed by atoms with Crippen LogP contribution < -0.4 is 69.7 Å². The maximum Gasteiger partial charge on any atom is 0.231 e. The van der Waals surface area contributed by atoms with Crippen molar-refractivity contribution in [3.05, 3.63) is 117 Å². The van der Waals surface area contributed by atoms with Crippen LogP contribution in [0.3, 0.4) is 0 Å². The monoisotopic (exact) mass is 1150 g/mol.